The van der Waals surface area contributed by atoms with Gasteiger partial charge in [-0.05, 0) is 62.4 Å². The number of ether oxygens (including phenoxy) is 1. The molecule has 0 aliphatic heterocycles. The zero-order valence-corrected chi connectivity index (χ0v) is 12.6. The first-order valence-corrected chi connectivity index (χ1v) is 7.17. The van der Waals surface area contributed by atoms with Crippen LogP contribution in [-0.4, -0.2) is 21.1 Å². The quantitative estimate of drug-likeness (QED) is 0.750. The van der Waals surface area contributed by atoms with Gasteiger partial charge in [-0.2, -0.15) is 0 Å². The maximum Gasteiger partial charge on any atom is 0.119 e. The minimum absolute atomic E-state index is 0.164. The Labute approximate surface area is 129 Å². The Bertz CT molecular complexity index is 745. The zero-order valence-electron chi connectivity index (χ0n) is 12.6. The molecule has 0 saturated carbocycles. The van der Waals surface area contributed by atoms with E-state index < -0.39 is 0 Å². The number of aromatic nitrogens is 3. The summed E-state index contributed by atoms with van der Waals surface area (Å²) in [6, 6.07) is 15.4. The van der Waals surface area contributed by atoms with E-state index in [1.165, 1.54) is 0 Å². The molecule has 0 radical (unpaired) electrons. The molecule has 0 aliphatic rings. The van der Waals surface area contributed by atoms with Crippen LogP contribution in [0.1, 0.15) is 13.8 Å². The summed E-state index contributed by atoms with van der Waals surface area (Å²) in [5.41, 5.74) is 9.15. The number of benzene rings is 2. The molecule has 22 heavy (non-hydrogen) atoms. The fourth-order valence-electron chi connectivity index (χ4n) is 2.13. The van der Waals surface area contributed by atoms with Gasteiger partial charge in [-0.25, -0.2) is 4.68 Å². The van der Waals surface area contributed by atoms with Crippen LogP contribution in [-0.2, 0) is 0 Å². The highest BCUT2D eigenvalue weighted by Gasteiger charge is 2.06. The minimum atomic E-state index is 0.164. The lowest BCUT2D eigenvalue weighted by Gasteiger charge is -2.09. The summed E-state index contributed by atoms with van der Waals surface area (Å²) in [6.07, 6.45) is 2.06. The fraction of sp³-hybridized carbons (Fsp3) is 0.176. The van der Waals surface area contributed by atoms with Crippen molar-refractivity contribution in [3.63, 3.8) is 0 Å². The Morgan fingerprint density at radius 2 is 1.68 bits per heavy atom. The van der Waals surface area contributed by atoms with Gasteiger partial charge < -0.3 is 10.5 Å². The molecule has 0 bridgehead atoms. The summed E-state index contributed by atoms with van der Waals surface area (Å²) in [7, 11) is 0. The maximum absolute atomic E-state index is 5.69. The number of hydrogen-bond donors (Lipinski definition) is 1. The fourth-order valence-corrected chi connectivity index (χ4v) is 2.13. The molecule has 2 N–H and O–H groups in total. The number of nitrogens with two attached hydrogens (primary N) is 1. The molecule has 0 unspecified atom stereocenters. The van der Waals surface area contributed by atoms with Crippen molar-refractivity contribution in [2.24, 2.45) is 0 Å². The lowest BCUT2D eigenvalue weighted by molar-refractivity contribution is 0.242. The summed E-state index contributed by atoms with van der Waals surface area (Å²) in [6.45, 7) is 4.01. The van der Waals surface area contributed by atoms with E-state index in [-0.39, 0.29) is 6.10 Å². The topological polar surface area (TPSA) is 66.0 Å². The van der Waals surface area contributed by atoms with Crippen LogP contribution in [0.2, 0.25) is 0 Å². The Morgan fingerprint density at radius 1 is 1.00 bits per heavy atom. The number of nitrogen functional groups attached to an aromatic ring is 1. The van der Waals surface area contributed by atoms with Crippen LogP contribution in [0.5, 0.6) is 5.75 Å². The molecular formula is C17H18N4O. The first-order valence-electron chi connectivity index (χ1n) is 7.17. The molecule has 3 rings (SSSR count). The van der Waals surface area contributed by atoms with Crippen LogP contribution in [0.3, 0.4) is 0 Å². The number of nitrogens with zero attached hydrogens (tertiary/aromatic N) is 3. The lowest BCUT2D eigenvalue weighted by Crippen LogP contribution is -2.05. The van der Waals surface area contributed by atoms with Gasteiger partial charge in [0.25, 0.3) is 0 Å². The Kier molecular flexibility index (Phi) is 3.78. The van der Waals surface area contributed by atoms with Gasteiger partial charge in [0.15, 0.2) is 0 Å². The number of hydrogen-bond acceptors (Lipinski definition) is 4. The van der Waals surface area contributed by atoms with E-state index in [2.05, 4.69) is 10.3 Å². The van der Waals surface area contributed by atoms with Crippen molar-refractivity contribution in [3.8, 4) is 22.7 Å². The molecule has 5 nitrogen and oxygen atoms in total. The lowest BCUT2D eigenvalue weighted by atomic mass is 10.1. The first-order chi connectivity index (χ1) is 10.6. The average Bonchev–Trinajstić information content (AvgIpc) is 2.98. The molecule has 3 aromatic rings. The van der Waals surface area contributed by atoms with E-state index in [1.54, 1.807) is 4.68 Å². The normalized spacial score (nSPS) is 10.9. The van der Waals surface area contributed by atoms with Crippen molar-refractivity contribution < 1.29 is 4.74 Å². The maximum atomic E-state index is 5.69. The summed E-state index contributed by atoms with van der Waals surface area (Å²) in [4.78, 5) is 0. The van der Waals surface area contributed by atoms with E-state index in [0.29, 0.717) is 0 Å². The molecule has 1 aromatic heterocycles. The molecular weight excluding hydrogens is 276 g/mol. The van der Waals surface area contributed by atoms with E-state index in [1.807, 2.05) is 68.6 Å². The molecule has 0 fully saturated rings. The van der Waals surface area contributed by atoms with E-state index >= 15 is 0 Å². The van der Waals surface area contributed by atoms with Crippen molar-refractivity contribution in [1.82, 2.24) is 15.0 Å². The van der Waals surface area contributed by atoms with Gasteiger partial charge >= 0.3 is 0 Å². The highest BCUT2D eigenvalue weighted by molar-refractivity contribution is 5.59. The largest absolute Gasteiger partial charge is 0.491 e. The van der Waals surface area contributed by atoms with Crippen LogP contribution in [0.15, 0.2) is 54.7 Å². The monoisotopic (exact) mass is 294 g/mol. The van der Waals surface area contributed by atoms with Gasteiger partial charge in [0.2, 0.25) is 0 Å². The molecule has 0 atom stereocenters. The van der Waals surface area contributed by atoms with Crippen molar-refractivity contribution >= 4 is 5.69 Å². The van der Waals surface area contributed by atoms with Gasteiger partial charge in [-0.15, -0.1) is 5.10 Å². The molecule has 112 valence electrons. The highest BCUT2D eigenvalue weighted by atomic mass is 16.5. The van der Waals surface area contributed by atoms with E-state index in [0.717, 1.165) is 28.4 Å². The molecule has 0 aliphatic carbocycles. The second kappa shape index (κ2) is 5.89. The number of anilines is 1. The van der Waals surface area contributed by atoms with E-state index in [4.69, 9.17) is 10.5 Å². The van der Waals surface area contributed by atoms with Gasteiger partial charge in [0, 0.05) is 11.3 Å². The van der Waals surface area contributed by atoms with Crippen LogP contribution < -0.4 is 10.5 Å². The minimum Gasteiger partial charge on any atom is -0.491 e. The van der Waals surface area contributed by atoms with Crippen LogP contribution >= 0.6 is 0 Å². The predicted octanol–water partition coefficient (Wildman–Crippen LogP) is 3.30. The third kappa shape index (κ3) is 3.09. The van der Waals surface area contributed by atoms with Crippen molar-refractivity contribution in [2.75, 3.05) is 5.73 Å². The van der Waals surface area contributed by atoms with Gasteiger partial charge in [0.05, 0.1) is 18.0 Å². The summed E-state index contributed by atoms with van der Waals surface area (Å²) < 4.78 is 7.37. The molecule has 5 heteroatoms. The van der Waals surface area contributed by atoms with Crippen LogP contribution in [0.25, 0.3) is 16.9 Å². The van der Waals surface area contributed by atoms with Crippen molar-refractivity contribution in [2.45, 2.75) is 20.0 Å². The Hall–Kier alpha value is -2.82. The third-order valence-corrected chi connectivity index (χ3v) is 3.17. The van der Waals surface area contributed by atoms with Gasteiger partial charge in [0.1, 0.15) is 11.4 Å². The van der Waals surface area contributed by atoms with Crippen LogP contribution in [0.4, 0.5) is 5.69 Å². The number of rotatable bonds is 4. The van der Waals surface area contributed by atoms with Gasteiger partial charge in [-0.1, -0.05) is 5.21 Å². The Balaban J connectivity index is 1.82. The molecule has 0 saturated heterocycles. The smallest absolute Gasteiger partial charge is 0.119 e. The second-order valence-electron chi connectivity index (χ2n) is 5.33. The average molecular weight is 294 g/mol. The molecule has 0 spiro atoms. The summed E-state index contributed by atoms with van der Waals surface area (Å²) >= 11 is 0. The highest BCUT2D eigenvalue weighted by Crippen LogP contribution is 2.22. The third-order valence-electron chi connectivity index (χ3n) is 3.17. The predicted molar refractivity (Wildman–Crippen MR) is 87.0 cm³/mol. The first kappa shape index (κ1) is 14.1. The second-order valence-corrected chi connectivity index (χ2v) is 5.33. The SMILES string of the molecule is CC(C)Oc1ccc(-c2cn(-c3ccc(N)cc3)nn2)cc1. The van der Waals surface area contributed by atoms with Crippen molar-refractivity contribution in [1.29, 1.82) is 0 Å². The standard InChI is InChI=1S/C17H18N4O/c1-12(2)22-16-9-3-13(4-10-16)17-11-21(20-19-17)15-7-5-14(18)6-8-15/h3-12H,18H2,1-2H3. The summed E-state index contributed by atoms with van der Waals surface area (Å²) in [5.74, 6) is 0.852. The molecule has 2 aromatic carbocycles. The van der Waals surface area contributed by atoms with E-state index in [9.17, 15) is 0 Å². The van der Waals surface area contributed by atoms with Crippen molar-refractivity contribution in [3.05, 3.63) is 54.7 Å². The zero-order chi connectivity index (χ0) is 15.5. The molecule has 0 amide bonds. The molecule has 1 heterocycles. The van der Waals surface area contributed by atoms with Crippen LogP contribution in [0, 0.1) is 0 Å². The Morgan fingerprint density at radius 3 is 2.32 bits per heavy atom. The van der Waals surface area contributed by atoms with Gasteiger partial charge in [-0.3, -0.25) is 0 Å². The summed E-state index contributed by atoms with van der Waals surface area (Å²) in [5, 5.41) is 8.37.